The number of para-hydroxylation sites is 2. The van der Waals surface area contributed by atoms with Crippen molar-refractivity contribution >= 4 is 45.9 Å². The standard InChI is InChI=1S/C26H24ClN3O4S/c1-33-22-12-11-17(15-23(22)34-2)13-14-30-25(32)18-7-3-5-9-20(18)29-26(30)35-16-24(31)28-21-10-6-4-8-19(21)27/h3-12,15H,13-14,16H2,1-2H3,(H,28,31). The lowest BCUT2D eigenvalue weighted by molar-refractivity contribution is -0.113. The molecular formula is C26H24ClN3O4S. The van der Waals surface area contributed by atoms with E-state index in [1.807, 2.05) is 30.3 Å². The van der Waals surface area contributed by atoms with Gasteiger partial charge in [-0.25, -0.2) is 4.98 Å². The monoisotopic (exact) mass is 509 g/mol. The van der Waals surface area contributed by atoms with Gasteiger partial charge in [-0.2, -0.15) is 0 Å². The van der Waals surface area contributed by atoms with E-state index in [2.05, 4.69) is 10.3 Å². The molecule has 0 fully saturated rings. The highest BCUT2D eigenvalue weighted by molar-refractivity contribution is 7.99. The Morgan fingerprint density at radius 2 is 1.77 bits per heavy atom. The number of rotatable bonds is 9. The molecular weight excluding hydrogens is 486 g/mol. The van der Waals surface area contributed by atoms with Crippen molar-refractivity contribution in [2.24, 2.45) is 0 Å². The Bertz CT molecular complexity index is 1420. The molecule has 7 nitrogen and oxygen atoms in total. The molecule has 1 N–H and O–H groups in total. The van der Waals surface area contributed by atoms with Gasteiger partial charge in [0.15, 0.2) is 16.7 Å². The number of fused-ring (bicyclic) bond motifs is 1. The molecule has 0 spiro atoms. The quantitative estimate of drug-likeness (QED) is 0.251. The van der Waals surface area contributed by atoms with Crippen LogP contribution in [0, 0.1) is 0 Å². The number of nitrogens with zero attached hydrogens (tertiary/aromatic N) is 2. The SMILES string of the molecule is COc1ccc(CCn2c(SCC(=O)Nc3ccccc3Cl)nc3ccccc3c2=O)cc1OC. The van der Waals surface area contributed by atoms with E-state index in [4.69, 9.17) is 21.1 Å². The lowest BCUT2D eigenvalue weighted by atomic mass is 10.1. The third-order valence-corrected chi connectivity index (χ3v) is 6.68. The van der Waals surface area contributed by atoms with Crippen LogP contribution in [0.2, 0.25) is 5.02 Å². The Morgan fingerprint density at radius 1 is 1.03 bits per heavy atom. The lowest BCUT2D eigenvalue weighted by Gasteiger charge is -2.14. The molecule has 180 valence electrons. The van der Waals surface area contributed by atoms with Crippen molar-refractivity contribution in [3.8, 4) is 11.5 Å². The van der Waals surface area contributed by atoms with Crippen molar-refractivity contribution in [1.29, 1.82) is 0 Å². The third-order valence-electron chi connectivity index (χ3n) is 5.38. The van der Waals surface area contributed by atoms with Crippen molar-refractivity contribution in [1.82, 2.24) is 9.55 Å². The summed E-state index contributed by atoms with van der Waals surface area (Å²) in [7, 11) is 3.17. The normalized spacial score (nSPS) is 10.8. The number of hydrogen-bond donors (Lipinski definition) is 1. The van der Waals surface area contributed by atoms with Crippen LogP contribution in [0.4, 0.5) is 5.69 Å². The van der Waals surface area contributed by atoms with E-state index in [1.165, 1.54) is 11.8 Å². The number of nitrogens with one attached hydrogen (secondary N) is 1. The number of aryl methyl sites for hydroxylation is 1. The van der Waals surface area contributed by atoms with E-state index in [0.29, 0.717) is 51.2 Å². The summed E-state index contributed by atoms with van der Waals surface area (Å²) in [6, 6.07) is 19.9. The average Bonchev–Trinajstić information content (AvgIpc) is 2.88. The third kappa shape index (κ3) is 5.78. The van der Waals surface area contributed by atoms with Crippen molar-refractivity contribution in [2.75, 3.05) is 25.3 Å². The number of benzene rings is 3. The van der Waals surface area contributed by atoms with Crippen LogP contribution in [-0.4, -0.2) is 35.4 Å². The number of hydrogen-bond acceptors (Lipinski definition) is 6. The smallest absolute Gasteiger partial charge is 0.262 e. The van der Waals surface area contributed by atoms with E-state index < -0.39 is 0 Å². The molecule has 1 aromatic heterocycles. The number of methoxy groups -OCH3 is 2. The number of halogens is 1. The number of carbonyl (C=O) groups excluding carboxylic acids is 1. The van der Waals surface area contributed by atoms with Gasteiger partial charge < -0.3 is 14.8 Å². The van der Waals surface area contributed by atoms with Gasteiger partial charge in [-0.3, -0.25) is 14.2 Å². The van der Waals surface area contributed by atoms with E-state index in [0.717, 1.165) is 5.56 Å². The van der Waals surface area contributed by atoms with Crippen molar-refractivity contribution in [3.63, 3.8) is 0 Å². The minimum absolute atomic E-state index is 0.0758. The van der Waals surface area contributed by atoms with Crippen molar-refractivity contribution < 1.29 is 14.3 Å². The first-order valence-electron chi connectivity index (χ1n) is 10.9. The zero-order valence-corrected chi connectivity index (χ0v) is 20.9. The second kappa shape index (κ2) is 11.3. The fourth-order valence-corrected chi connectivity index (χ4v) is 4.62. The molecule has 3 aromatic carbocycles. The topological polar surface area (TPSA) is 82.5 Å². The Hall–Kier alpha value is -3.49. The molecule has 4 rings (SSSR count). The Morgan fingerprint density at radius 3 is 2.54 bits per heavy atom. The zero-order chi connectivity index (χ0) is 24.8. The summed E-state index contributed by atoms with van der Waals surface area (Å²) in [5.41, 5.74) is 1.96. The highest BCUT2D eigenvalue weighted by Gasteiger charge is 2.15. The molecule has 0 aliphatic heterocycles. The van der Waals surface area contributed by atoms with Gasteiger partial charge in [0.1, 0.15) is 0 Å². The first kappa shape index (κ1) is 24.6. The van der Waals surface area contributed by atoms with Crippen molar-refractivity contribution in [2.45, 2.75) is 18.1 Å². The summed E-state index contributed by atoms with van der Waals surface area (Å²) in [6.07, 6.45) is 0.569. The summed E-state index contributed by atoms with van der Waals surface area (Å²) in [6.45, 7) is 0.390. The molecule has 1 amide bonds. The predicted molar refractivity (Wildman–Crippen MR) is 140 cm³/mol. The van der Waals surface area contributed by atoms with Gasteiger partial charge in [0, 0.05) is 6.54 Å². The van der Waals surface area contributed by atoms with Crippen LogP contribution < -0.4 is 20.3 Å². The number of anilines is 1. The van der Waals surface area contributed by atoms with Gasteiger partial charge in [0.2, 0.25) is 5.91 Å². The maximum Gasteiger partial charge on any atom is 0.262 e. The highest BCUT2D eigenvalue weighted by Crippen LogP contribution is 2.28. The van der Waals surface area contributed by atoms with Crippen LogP contribution in [0.1, 0.15) is 5.56 Å². The molecule has 35 heavy (non-hydrogen) atoms. The van der Waals surface area contributed by atoms with E-state index >= 15 is 0 Å². The van der Waals surface area contributed by atoms with Gasteiger partial charge in [-0.1, -0.05) is 53.7 Å². The summed E-state index contributed by atoms with van der Waals surface area (Å²) in [5, 5.41) is 4.27. The first-order chi connectivity index (χ1) is 17.0. The molecule has 0 unspecified atom stereocenters. The minimum Gasteiger partial charge on any atom is -0.493 e. The van der Waals surface area contributed by atoms with Gasteiger partial charge in [-0.15, -0.1) is 0 Å². The molecule has 1 heterocycles. The lowest BCUT2D eigenvalue weighted by Crippen LogP contribution is -2.25. The van der Waals surface area contributed by atoms with Crippen LogP contribution in [0.3, 0.4) is 0 Å². The van der Waals surface area contributed by atoms with Crippen LogP contribution >= 0.6 is 23.4 Å². The molecule has 0 atom stereocenters. The number of aromatic nitrogens is 2. The summed E-state index contributed by atoms with van der Waals surface area (Å²) < 4.78 is 12.3. The average molecular weight is 510 g/mol. The maximum atomic E-state index is 13.3. The first-order valence-corrected chi connectivity index (χ1v) is 12.2. The summed E-state index contributed by atoms with van der Waals surface area (Å²) >= 11 is 7.35. The van der Waals surface area contributed by atoms with Crippen LogP contribution in [0.15, 0.2) is 76.7 Å². The molecule has 0 bridgehead atoms. The Labute approximate surface area is 212 Å². The van der Waals surface area contributed by atoms with Gasteiger partial charge >= 0.3 is 0 Å². The predicted octanol–water partition coefficient (Wildman–Crippen LogP) is 5.04. The molecule has 9 heteroatoms. The summed E-state index contributed by atoms with van der Waals surface area (Å²) in [4.78, 5) is 30.6. The van der Waals surface area contributed by atoms with E-state index in [9.17, 15) is 9.59 Å². The molecule has 0 saturated carbocycles. The largest absolute Gasteiger partial charge is 0.493 e. The minimum atomic E-state index is -0.239. The second-order valence-corrected chi connectivity index (χ2v) is 8.97. The fraction of sp³-hybridized carbons (Fsp3) is 0.192. The highest BCUT2D eigenvalue weighted by atomic mass is 35.5. The van der Waals surface area contributed by atoms with Crippen LogP contribution in [0.25, 0.3) is 10.9 Å². The fourth-order valence-electron chi connectivity index (χ4n) is 3.61. The van der Waals surface area contributed by atoms with E-state index in [1.54, 1.807) is 55.2 Å². The number of amides is 1. The number of ether oxygens (including phenoxy) is 2. The van der Waals surface area contributed by atoms with Crippen LogP contribution in [-0.2, 0) is 17.8 Å². The zero-order valence-electron chi connectivity index (χ0n) is 19.3. The Kier molecular flexibility index (Phi) is 7.94. The molecule has 0 saturated heterocycles. The summed E-state index contributed by atoms with van der Waals surface area (Å²) in [5.74, 6) is 1.10. The Balaban J connectivity index is 1.57. The van der Waals surface area contributed by atoms with Crippen molar-refractivity contribution in [3.05, 3.63) is 87.7 Å². The number of thioether (sulfide) groups is 1. The molecule has 0 aliphatic rings. The maximum absolute atomic E-state index is 13.3. The van der Waals surface area contributed by atoms with E-state index in [-0.39, 0.29) is 17.2 Å². The second-order valence-electron chi connectivity index (χ2n) is 7.62. The molecule has 0 radical (unpaired) electrons. The van der Waals surface area contributed by atoms with Gasteiger partial charge in [0.25, 0.3) is 5.56 Å². The van der Waals surface area contributed by atoms with Gasteiger partial charge in [0.05, 0.1) is 41.6 Å². The molecule has 4 aromatic rings. The number of carbonyl (C=O) groups is 1. The van der Waals surface area contributed by atoms with Crippen LogP contribution in [0.5, 0.6) is 11.5 Å². The molecule has 0 aliphatic carbocycles. The van der Waals surface area contributed by atoms with Gasteiger partial charge in [-0.05, 0) is 48.4 Å².